The lowest BCUT2D eigenvalue weighted by molar-refractivity contribution is 0.102. The van der Waals surface area contributed by atoms with Crippen molar-refractivity contribution in [3.63, 3.8) is 0 Å². The van der Waals surface area contributed by atoms with Gasteiger partial charge in [-0.25, -0.2) is 4.39 Å². The number of carbonyl (C=O) groups excluding carboxylic acids is 1. The summed E-state index contributed by atoms with van der Waals surface area (Å²) in [4.78, 5) is 16.7. The number of anilines is 2. The Kier molecular flexibility index (Phi) is 6.63. The number of nitrogens with one attached hydrogen (secondary N) is 2. The zero-order valence-corrected chi connectivity index (χ0v) is 16.2. The van der Waals surface area contributed by atoms with Crippen LogP contribution < -0.4 is 20.1 Å². The highest BCUT2D eigenvalue weighted by atomic mass is 19.1. The van der Waals surface area contributed by atoms with Crippen molar-refractivity contribution in [2.75, 3.05) is 31.4 Å². The van der Waals surface area contributed by atoms with Gasteiger partial charge >= 0.3 is 0 Å². The number of nitrogens with zero attached hydrogens (tertiary/aromatic N) is 1. The summed E-state index contributed by atoms with van der Waals surface area (Å²) in [5.41, 5.74) is 2.59. The normalized spacial score (nSPS) is 10.3. The molecule has 29 heavy (non-hydrogen) atoms. The van der Waals surface area contributed by atoms with Gasteiger partial charge in [-0.1, -0.05) is 12.1 Å². The van der Waals surface area contributed by atoms with E-state index in [0.717, 1.165) is 17.7 Å². The minimum absolute atomic E-state index is 0.250. The number of halogens is 1. The number of rotatable bonds is 8. The number of amides is 1. The van der Waals surface area contributed by atoms with E-state index in [1.54, 1.807) is 55.8 Å². The molecule has 3 rings (SSSR count). The molecule has 0 unspecified atom stereocenters. The lowest BCUT2D eigenvalue weighted by Crippen LogP contribution is -2.15. The highest BCUT2D eigenvalue weighted by Crippen LogP contribution is 2.29. The molecule has 0 aliphatic heterocycles. The van der Waals surface area contributed by atoms with Crippen LogP contribution >= 0.6 is 0 Å². The van der Waals surface area contributed by atoms with Crippen LogP contribution in [0, 0.1) is 5.82 Å². The monoisotopic (exact) mass is 395 g/mol. The van der Waals surface area contributed by atoms with Crippen molar-refractivity contribution in [1.29, 1.82) is 0 Å². The molecule has 1 aromatic heterocycles. The molecule has 0 aliphatic rings. The molecule has 3 aromatic rings. The zero-order valence-electron chi connectivity index (χ0n) is 16.2. The van der Waals surface area contributed by atoms with Gasteiger partial charge in [-0.3, -0.25) is 9.78 Å². The Labute approximate surface area is 168 Å². The van der Waals surface area contributed by atoms with E-state index in [9.17, 15) is 9.18 Å². The summed E-state index contributed by atoms with van der Waals surface area (Å²) in [6.07, 6.45) is 2.30. The average molecular weight is 395 g/mol. The second-order valence-corrected chi connectivity index (χ2v) is 6.25. The highest BCUT2D eigenvalue weighted by Gasteiger charge is 2.12. The van der Waals surface area contributed by atoms with E-state index in [4.69, 9.17) is 9.47 Å². The fourth-order valence-electron chi connectivity index (χ4n) is 2.76. The number of hydrogen-bond donors (Lipinski definition) is 2. The van der Waals surface area contributed by atoms with Gasteiger partial charge in [0.25, 0.3) is 5.91 Å². The first-order valence-corrected chi connectivity index (χ1v) is 9.07. The SMILES string of the molecule is COc1ccc(NC(=O)c2cc(NCCc3ccc(F)cc3)ccn2)c(OC)c1. The Hall–Kier alpha value is -3.61. The summed E-state index contributed by atoms with van der Waals surface area (Å²) in [7, 11) is 3.08. The van der Waals surface area contributed by atoms with Gasteiger partial charge in [-0.2, -0.15) is 0 Å². The number of ether oxygens (including phenoxy) is 2. The molecule has 2 N–H and O–H groups in total. The molecule has 2 aromatic carbocycles. The van der Waals surface area contributed by atoms with Crippen molar-refractivity contribution >= 4 is 17.3 Å². The molecule has 1 amide bonds. The van der Waals surface area contributed by atoms with Crippen molar-refractivity contribution < 1.29 is 18.7 Å². The molecule has 1 heterocycles. The molecule has 0 saturated carbocycles. The smallest absolute Gasteiger partial charge is 0.274 e. The molecule has 0 atom stereocenters. The number of hydrogen-bond acceptors (Lipinski definition) is 5. The topological polar surface area (TPSA) is 72.5 Å². The number of aromatic nitrogens is 1. The fraction of sp³-hybridized carbons (Fsp3) is 0.182. The fourth-order valence-corrected chi connectivity index (χ4v) is 2.76. The van der Waals surface area contributed by atoms with Crippen LogP contribution in [-0.4, -0.2) is 31.7 Å². The second kappa shape index (κ2) is 9.54. The summed E-state index contributed by atoms with van der Waals surface area (Å²) in [6.45, 7) is 0.642. The van der Waals surface area contributed by atoms with E-state index in [1.165, 1.54) is 19.2 Å². The Balaban J connectivity index is 1.62. The van der Waals surface area contributed by atoms with Gasteiger partial charge in [0, 0.05) is 24.5 Å². The Bertz CT molecular complexity index is 977. The zero-order chi connectivity index (χ0) is 20.6. The first-order chi connectivity index (χ1) is 14.1. The first kappa shape index (κ1) is 20.1. The standard InChI is InChI=1S/C22H22FN3O3/c1-28-18-7-8-19(21(14-18)29-2)26-22(27)20-13-17(10-12-25-20)24-11-9-15-3-5-16(23)6-4-15/h3-8,10,12-14H,9,11H2,1-2H3,(H,24,25)(H,26,27). The van der Waals surface area contributed by atoms with Gasteiger partial charge in [-0.05, 0) is 48.4 Å². The largest absolute Gasteiger partial charge is 0.497 e. The summed E-state index contributed by atoms with van der Waals surface area (Å²) in [5.74, 6) is 0.521. The van der Waals surface area contributed by atoms with Crippen LogP contribution in [0.4, 0.5) is 15.8 Å². The molecule has 0 saturated heterocycles. The summed E-state index contributed by atoms with van der Waals surface area (Å²) in [6, 6.07) is 15.0. The molecule has 150 valence electrons. The molecule has 7 heteroatoms. The number of carbonyl (C=O) groups is 1. The molecule has 0 spiro atoms. The average Bonchev–Trinajstić information content (AvgIpc) is 2.75. The van der Waals surface area contributed by atoms with Crippen LogP contribution in [0.25, 0.3) is 0 Å². The van der Waals surface area contributed by atoms with Crippen LogP contribution in [0.15, 0.2) is 60.8 Å². The van der Waals surface area contributed by atoms with E-state index in [0.29, 0.717) is 23.7 Å². The van der Waals surface area contributed by atoms with Gasteiger partial charge in [0.15, 0.2) is 0 Å². The van der Waals surface area contributed by atoms with E-state index < -0.39 is 0 Å². The molecule has 0 aliphatic carbocycles. The quantitative estimate of drug-likeness (QED) is 0.600. The lowest BCUT2D eigenvalue weighted by atomic mass is 10.1. The van der Waals surface area contributed by atoms with Crippen LogP contribution in [0.3, 0.4) is 0 Å². The van der Waals surface area contributed by atoms with Gasteiger partial charge in [0.2, 0.25) is 0 Å². The Morgan fingerprint density at radius 1 is 1.03 bits per heavy atom. The van der Waals surface area contributed by atoms with Crippen molar-refractivity contribution in [1.82, 2.24) is 4.98 Å². The predicted molar refractivity (Wildman–Crippen MR) is 110 cm³/mol. The molecule has 0 bridgehead atoms. The molecule has 0 fully saturated rings. The minimum Gasteiger partial charge on any atom is -0.497 e. The molecule has 0 radical (unpaired) electrons. The number of benzene rings is 2. The molecule has 6 nitrogen and oxygen atoms in total. The maximum Gasteiger partial charge on any atom is 0.274 e. The van der Waals surface area contributed by atoms with Gasteiger partial charge in [0.05, 0.1) is 19.9 Å². The third kappa shape index (κ3) is 5.44. The summed E-state index contributed by atoms with van der Waals surface area (Å²) < 4.78 is 23.4. The van der Waals surface area contributed by atoms with E-state index in [2.05, 4.69) is 15.6 Å². The van der Waals surface area contributed by atoms with Crippen LogP contribution in [-0.2, 0) is 6.42 Å². The van der Waals surface area contributed by atoms with Gasteiger partial charge in [0.1, 0.15) is 23.0 Å². The highest BCUT2D eigenvalue weighted by molar-refractivity contribution is 6.04. The van der Waals surface area contributed by atoms with Crippen LogP contribution in [0.1, 0.15) is 16.1 Å². The molecular weight excluding hydrogens is 373 g/mol. The predicted octanol–water partition coefficient (Wildman–Crippen LogP) is 4.14. The number of pyridine rings is 1. The second-order valence-electron chi connectivity index (χ2n) is 6.25. The Morgan fingerprint density at radius 3 is 2.55 bits per heavy atom. The van der Waals surface area contributed by atoms with Gasteiger partial charge < -0.3 is 20.1 Å². The lowest BCUT2D eigenvalue weighted by Gasteiger charge is -2.12. The van der Waals surface area contributed by atoms with E-state index in [1.807, 2.05) is 0 Å². The third-order valence-corrected chi connectivity index (χ3v) is 4.31. The third-order valence-electron chi connectivity index (χ3n) is 4.31. The first-order valence-electron chi connectivity index (χ1n) is 9.07. The van der Waals surface area contributed by atoms with Gasteiger partial charge in [-0.15, -0.1) is 0 Å². The van der Waals surface area contributed by atoms with Crippen molar-refractivity contribution in [3.8, 4) is 11.5 Å². The maximum absolute atomic E-state index is 13.0. The van der Waals surface area contributed by atoms with Crippen LogP contribution in [0.5, 0.6) is 11.5 Å². The minimum atomic E-state index is -0.351. The van der Waals surface area contributed by atoms with Crippen molar-refractivity contribution in [3.05, 3.63) is 77.9 Å². The van der Waals surface area contributed by atoms with E-state index in [-0.39, 0.29) is 17.4 Å². The molecular formula is C22H22FN3O3. The van der Waals surface area contributed by atoms with Crippen molar-refractivity contribution in [2.24, 2.45) is 0 Å². The summed E-state index contributed by atoms with van der Waals surface area (Å²) >= 11 is 0. The maximum atomic E-state index is 13.0. The van der Waals surface area contributed by atoms with E-state index >= 15 is 0 Å². The Morgan fingerprint density at radius 2 is 1.83 bits per heavy atom. The number of methoxy groups -OCH3 is 2. The van der Waals surface area contributed by atoms with Crippen LogP contribution in [0.2, 0.25) is 0 Å². The summed E-state index contributed by atoms with van der Waals surface area (Å²) in [5, 5.41) is 6.05. The van der Waals surface area contributed by atoms with Crippen molar-refractivity contribution in [2.45, 2.75) is 6.42 Å².